The van der Waals surface area contributed by atoms with Gasteiger partial charge in [0.2, 0.25) is 5.56 Å². The summed E-state index contributed by atoms with van der Waals surface area (Å²) in [6, 6.07) is 8.65. The summed E-state index contributed by atoms with van der Waals surface area (Å²) in [5, 5.41) is 2.85. The van der Waals surface area contributed by atoms with Gasteiger partial charge in [0.25, 0.3) is 0 Å². The molecule has 1 aliphatic heterocycles. The van der Waals surface area contributed by atoms with E-state index in [1.807, 2.05) is 18.2 Å². The highest BCUT2D eigenvalue weighted by atomic mass is 16.2. The van der Waals surface area contributed by atoms with E-state index in [0.29, 0.717) is 12.2 Å². The van der Waals surface area contributed by atoms with E-state index in [0.717, 1.165) is 18.5 Å². The van der Waals surface area contributed by atoms with E-state index >= 15 is 0 Å². The molecule has 1 atom stereocenters. The number of hydrogen-bond donors (Lipinski definition) is 1. The van der Waals surface area contributed by atoms with Crippen molar-refractivity contribution < 1.29 is 4.79 Å². The molecule has 2 aromatic heterocycles. The summed E-state index contributed by atoms with van der Waals surface area (Å²) >= 11 is 0. The van der Waals surface area contributed by atoms with Crippen LogP contribution in [0.4, 0.5) is 10.5 Å². The predicted octanol–water partition coefficient (Wildman–Crippen LogP) is 2.15. The number of rotatable bonds is 2. The Bertz CT molecular complexity index is 726. The van der Waals surface area contributed by atoms with E-state index in [1.54, 1.807) is 30.4 Å². The number of likely N-dealkylation sites (tertiary alicyclic amines) is 1. The molecule has 3 rings (SSSR count). The van der Waals surface area contributed by atoms with Gasteiger partial charge in [0, 0.05) is 32.1 Å². The third kappa shape index (κ3) is 2.86. The predicted molar refractivity (Wildman–Crippen MR) is 83.6 cm³/mol. The molecule has 2 aromatic rings. The largest absolute Gasteiger partial charge is 0.322 e. The lowest BCUT2D eigenvalue weighted by Gasteiger charge is -2.24. The number of hydrogen-bond acceptors (Lipinski definition) is 3. The van der Waals surface area contributed by atoms with Gasteiger partial charge in [-0.2, -0.15) is 0 Å². The van der Waals surface area contributed by atoms with Crippen LogP contribution in [0.3, 0.4) is 0 Å². The van der Waals surface area contributed by atoms with Crippen LogP contribution in [-0.4, -0.2) is 27.0 Å². The molecule has 0 bridgehead atoms. The van der Waals surface area contributed by atoms with Crippen molar-refractivity contribution >= 4 is 11.7 Å². The highest BCUT2D eigenvalue weighted by Gasteiger charge is 2.30. The number of urea groups is 1. The average molecular weight is 298 g/mol. The van der Waals surface area contributed by atoms with Crippen LogP contribution in [-0.2, 0) is 7.05 Å². The van der Waals surface area contributed by atoms with E-state index in [4.69, 9.17) is 0 Å². The first-order valence-electron chi connectivity index (χ1n) is 7.30. The van der Waals surface area contributed by atoms with Crippen molar-refractivity contribution in [2.45, 2.75) is 18.9 Å². The second-order valence-corrected chi connectivity index (χ2v) is 5.40. The summed E-state index contributed by atoms with van der Waals surface area (Å²) in [6.07, 6.45) is 5.24. The van der Waals surface area contributed by atoms with Gasteiger partial charge in [-0.1, -0.05) is 6.07 Å². The molecule has 0 saturated carbocycles. The number of pyridine rings is 2. The number of aryl methyl sites for hydroxylation is 1. The smallest absolute Gasteiger partial charge is 0.317 e. The molecule has 0 spiro atoms. The van der Waals surface area contributed by atoms with Crippen molar-refractivity contribution in [3.63, 3.8) is 0 Å². The molecule has 1 aliphatic rings. The van der Waals surface area contributed by atoms with Gasteiger partial charge in [-0.15, -0.1) is 0 Å². The van der Waals surface area contributed by atoms with Gasteiger partial charge in [0.15, 0.2) is 0 Å². The highest BCUT2D eigenvalue weighted by Crippen LogP contribution is 2.30. The molecule has 114 valence electrons. The maximum atomic E-state index is 12.5. The Morgan fingerprint density at radius 3 is 2.91 bits per heavy atom. The minimum Gasteiger partial charge on any atom is -0.317 e. The number of carbonyl (C=O) groups is 1. The fourth-order valence-electron chi connectivity index (χ4n) is 2.75. The third-order valence-electron chi connectivity index (χ3n) is 3.88. The van der Waals surface area contributed by atoms with Crippen molar-refractivity contribution in [1.29, 1.82) is 0 Å². The fraction of sp³-hybridized carbons (Fsp3) is 0.312. The lowest BCUT2D eigenvalue weighted by molar-refractivity contribution is 0.206. The molecular formula is C16H18N4O2. The van der Waals surface area contributed by atoms with Gasteiger partial charge in [0.05, 0.1) is 17.4 Å². The maximum Gasteiger partial charge on any atom is 0.322 e. The molecule has 22 heavy (non-hydrogen) atoms. The van der Waals surface area contributed by atoms with Crippen LogP contribution >= 0.6 is 0 Å². The Morgan fingerprint density at radius 1 is 1.32 bits per heavy atom. The van der Waals surface area contributed by atoms with Gasteiger partial charge >= 0.3 is 6.03 Å². The topological polar surface area (TPSA) is 67.2 Å². The van der Waals surface area contributed by atoms with Crippen LogP contribution < -0.4 is 10.9 Å². The second kappa shape index (κ2) is 6.01. The molecule has 0 unspecified atom stereocenters. The summed E-state index contributed by atoms with van der Waals surface area (Å²) in [5.41, 5.74) is 1.42. The zero-order chi connectivity index (χ0) is 15.5. The van der Waals surface area contributed by atoms with E-state index in [2.05, 4.69) is 10.3 Å². The zero-order valence-electron chi connectivity index (χ0n) is 12.4. The van der Waals surface area contributed by atoms with Gasteiger partial charge in [0.1, 0.15) is 0 Å². The Hall–Kier alpha value is -2.63. The van der Waals surface area contributed by atoms with Crippen molar-refractivity contribution in [1.82, 2.24) is 14.5 Å². The molecule has 6 heteroatoms. The number of aromatic nitrogens is 2. The molecule has 0 aliphatic carbocycles. The molecule has 1 fully saturated rings. The van der Waals surface area contributed by atoms with E-state index in [1.165, 1.54) is 10.6 Å². The average Bonchev–Trinajstić information content (AvgIpc) is 3.01. The van der Waals surface area contributed by atoms with Gasteiger partial charge < -0.3 is 14.8 Å². The summed E-state index contributed by atoms with van der Waals surface area (Å²) in [7, 11) is 1.66. The van der Waals surface area contributed by atoms with E-state index < -0.39 is 0 Å². The normalized spacial score (nSPS) is 17.5. The van der Waals surface area contributed by atoms with Crippen LogP contribution in [0.25, 0.3) is 0 Å². The van der Waals surface area contributed by atoms with Crippen LogP contribution in [0.2, 0.25) is 0 Å². The zero-order valence-corrected chi connectivity index (χ0v) is 12.4. The van der Waals surface area contributed by atoms with E-state index in [9.17, 15) is 9.59 Å². The lowest BCUT2D eigenvalue weighted by atomic mass is 10.1. The monoisotopic (exact) mass is 298 g/mol. The number of anilines is 1. The molecule has 2 amide bonds. The highest BCUT2D eigenvalue weighted by molar-refractivity contribution is 5.89. The molecule has 1 saturated heterocycles. The van der Waals surface area contributed by atoms with Crippen LogP contribution in [0.5, 0.6) is 0 Å². The second-order valence-electron chi connectivity index (χ2n) is 5.40. The summed E-state index contributed by atoms with van der Waals surface area (Å²) in [6.45, 7) is 0.707. The summed E-state index contributed by atoms with van der Waals surface area (Å²) in [4.78, 5) is 30.0. The maximum absolute atomic E-state index is 12.5. The van der Waals surface area contributed by atoms with Crippen LogP contribution in [0.15, 0.2) is 47.5 Å². The number of carbonyl (C=O) groups excluding carboxylic acids is 1. The molecule has 1 N–H and O–H groups in total. The lowest BCUT2D eigenvalue weighted by Crippen LogP contribution is -2.35. The van der Waals surface area contributed by atoms with Gasteiger partial charge in [-0.25, -0.2) is 4.79 Å². The Balaban J connectivity index is 1.76. The Labute approximate surface area is 128 Å². The Morgan fingerprint density at radius 2 is 2.18 bits per heavy atom. The van der Waals surface area contributed by atoms with E-state index in [-0.39, 0.29) is 17.6 Å². The first-order chi connectivity index (χ1) is 10.6. The number of nitrogens with zero attached hydrogens (tertiary/aromatic N) is 3. The van der Waals surface area contributed by atoms with Crippen molar-refractivity contribution in [3.8, 4) is 0 Å². The fourth-order valence-corrected chi connectivity index (χ4v) is 2.75. The van der Waals surface area contributed by atoms with Crippen molar-refractivity contribution in [2.75, 3.05) is 11.9 Å². The summed E-state index contributed by atoms with van der Waals surface area (Å²) < 4.78 is 1.44. The van der Waals surface area contributed by atoms with Gasteiger partial charge in [-0.05, 0) is 31.0 Å². The molecule has 0 aromatic carbocycles. The van der Waals surface area contributed by atoms with Crippen molar-refractivity contribution in [2.24, 2.45) is 7.05 Å². The van der Waals surface area contributed by atoms with Crippen molar-refractivity contribution in [3.05, 3.63) is 58.8 Å². The third-order valence-corrected chi connectivity index (χ3v) is 3.88. The minimum atomic E-state index is -0.160. The minimum absolute atomic E-state index is 0.00808. The van der Waals surface area contributed by atoms with Crippen LogP contribution in [0, 0.1) is 0 Å². The molecule has 0 radical (unpaired) electrons. The number of nitrogens with one attached hydrogen (secondary N) is 1. The van der Waals surface area contributed by atoms with Crippen LogP contribution in [0.1, 0.15) is 24.6 Å². The molecular weight excluding hydrogens is 280 g/mol. The first kappa shape index (κ1) is 14.3. The quantitative estimate of drug-likeness (QED) is 0.923. The number of amides is 2. The molecule has 6 nitrogen and oxygen atoms in total. The first-order valence-corrected chi connectivity index (χ1v) is 7.30. The standard InChI is InChI=1S/C16H18N4O2/c1-19-11-12(7-8-15(19)21)18-16(22)20-10-4-6-14(20)13-5-2-3-9-17-13/h2-3,5,7-9,11,14H,4,6,10H2,1H3,(H,18,22)/t14-/m1/s1. The SMILES string of the molecule is Cn1cc(NC(=O)N2CCC[C@@H]2c2ccccn2)ccc1=O. The van der Waals surface area contributed by atoms with Gasteiger partial charge in [-0.3, -0.25) is 9.78 Å². The molecule has 3 heterocycles. The summed E-state index contributed by atoms with van der Waals surface area (Å²) in [5.74, 6) is 0. The Kier molecular flexibility index (Phi) is 3.91.